The number of oxime groups is 1. The quantitative estimate of drug-likeness (QED) is 0.169. The van der Waals surface area contributed by atoms with Gasteiger partial charge in [-0.15, -0.1) is 0 Å². The van der Waals surface area contributed by atoms with E-state index >= 15 is 0 Å². The summed E-state index contributed by atoms with van der Waals surface area (Å²) in [5.74, 6) is 0.255. The second kappa shape index (κ2) is 8.58. The van der Waals surface area contributed by atoms with E-state index < -0.39 is 0 Å². The molecule has 5 N–H and O–H groups in total. The van der Waals surface area contributed by atoms with E-state index in [1.807, 2.05) is 13.8 Å². The number of nitrogens with one attached hydrogen (secondary N) is 2. The Morgan fingerprint density at radius 3 is 2.47 bits per heavy atom. The van der Waals surface area contributed by atoms with Crippen LogP contribution in [0.5, 0.6) is 0 Å². The molecular weight excluding hydrogens is 246 g/mol. The van der Waals surface area contributed by atoms with Crippen molar-refractivity contribution >= 4 is 11.9 Å². The summed E-state index contributed by atoms with van der Waals surface area (Å²) in [5.41, 5.74) is 5.31. The minimum Gasteiger partial charge on any atom is -0.409 e. The molecule has 2 amide bonds. The van der Waals surface area contributed by atoms with Gasteiger partial charge in [-0.3, -0.25) is 0 Å². The second-order valence-electron chi connectivity index (χ2n) is 5.35. The lowest BCUT2D eigenvalue weighted by Crippen LogP contribution is -2.38. The first kappa shape index (κ1) is 17.5. The number of amidine groups is 1. The van der Waals surface area contributed by atoms with Crippen LogP contribution in [0.1, 0.15) is 26.7 Å². The molecule has 0 unspecified atom stereocenters. The third-order valence-electron chi connectivity index (χ3n) is 2.94. The standard InChI is InChI=1S/C12H27N5O2/c1-12(2,10(13)16-19)6-5-7-14-8-9-15-11(18)17(3)4/h14,19H,5-9H2,1-4H3,(H2,13,16)(H,15,18). The Hall–Kier alpha value is -1.50. The van der Waals surface area contributed by atoms with Gasteiger partial charge in [-0.2, -0.15) is 0 Å². The van der Waals surface area contributed by atoms with Gasteiger partial charge in [0, 0.05) is 32.6 Å². The predicted molar refractivity (Wildman–Crippen MR) is 76.4 cm³/mol. The normalized spacial score (nSPS) is 12.3. The lowest BCUT2D eigenvalue weighted by atomic mass is 9.86. The van der Waals surface area contributed by atoms with Gasteiger partial charge in [0.05, 0.1) is 0 Å². The van der Waals surface area contributed by atoms with Gasteiger partial charge < -0.3 is 26.5 Å². The third kappa shape index (κ3) is 7.50. The Morgan fingerprint density at radius 2 is 1.95 bits per heavy atom. The van der Waals surface area contributed by atoms with Crippen LogP contribution < -0.4 is 16.4 Å². The molecule has 0 aliphatic rings. The van der Waals surface area contributed by atoms with Crippen molar-refractivity contribution in [1.29, 1.82) is 0 Å². The van der Waals surface area contributed by atoms with Crippen molar-refractivity contribution < 1.29 is 10.0 Å². The number of nitrogens with zero attached hydrogens (tertiary/aromatic N) is 2. The van der Waals surface area contributed by atoms with Crippen LogP contribution in [0.4, 0.5) is 4.79 Å². The molecule has 19 heavy (non-hydrogen) atoms. The first-order valence-corrected chi connectivity index (χ1v) is 6.45. The van der Waals surface area contributed by atoms with Crippen LogP contribution in [-0.4, -0.2) is 55.7 Å². The lowest BCUT2D eigenvalue weighted by Gasteiger charge is -2.22. The van der Waals surface area contributed by atoms with Gasteiger partial charge in [0.1, 0.15) is 5.84 Å². The highest BCUT2D eigenvalue weighted by atomic mass is 16.4. The molecule has 0 aliphatic carbocycles. The van der Waals surface area contributed by atoms with Crippen molar-refractivity contribution in [1.82, 2.24) is 15.5 Å². The number of rotatable bonds is 8. The molecule has 0 aromatic carbocycles. The maximum absolute atomic E-state index is 11.2. The molecule has 7 heteroatoms. The predicted octanol–water partition coefficient (Wildman–Crippen LogP) is 0.400. The Labute approximate surface area is 115 Å². The van der Waals surface area contributed by atoms with E-state index in [1.54, 1.807) is 14.1 Å². The molecule has 0 rings (SSSR count). The minimum absolute atomic E-state index is 0.0881. The molecule has 0 aromatic rings. The Bertz CT molecular complexity index is 302. The number of amides is 2. The number of carbonyl (C=O) groups is 1. The Balaban J connectivity index is 3.59. The molecule has 0 fully saturated rings. The average Bonchev–Trinajstić information content (AvgIpc) is 2.35. The Morgan fingerprint density at radius 1 is 1.32 bits per heavy atom. The van der Waals surface area contributed by atoms with Gasteiger partial charge in [-0.05, 0) is 19.4 Å². The van der Waals surface area contributed by atoms with Crippen molar-refractivity contribution in [3.8, 4) is 0 Å². The molecule has 0 atom stereocenters. The van der Waals surface area contributed by atoms with Crippen molar-refractivity contribution in [2.45, 2.75) is 26.7 Å². The first-order valence-electron chi connectivity index (χ1n) is 6.45. The highest BCUT2D eigenvalue weighted by Crippen LogP contribution is 2.21. The van der Waals surface area contributed by atoms with E-state index in [2.05, 4.69) is 15.8 Å². The van der Waals surface area contributed by atoms with E-state index in [4.69, 9.17) is 10.9 Å². The number of urea groups is 1. The SMILES string of the molecule is CN(C)C(=O)NCCNCCCC(C)(C)C(N)=NO. The zero-order chi connectivity index (χ0) is 14.9. The number of hydrogen-bond acceptors (Lipinski definition) is 4. The summed E-state index contributed by atoms with van der Waals surface area (Å²) < 4.78 is 0. The summed E-state index contributed by atoms with van der Waals surface area (Å²) in [5, 5.41) is 17.7. The van der Waals surface area contributed by atoms with Crippen molar-refractivity contribution in [3.63, 3.8) is 0 Å². The van der Waals surface area contributed by atoms with Crippen molar-refractivity contribution in [3.05, 3.63) is 0 Å². The van der Waals surface area contributed by atoms with Gasteiger partial charge in [-0.25, -0.2) is 4.79 Å². The maximum Gasteiger partial charge on any atom is 0.316 e. The molecule has 0 radical (unpaired) electrons. The summed E-state index contributed by atoms with van der Waals surface area (Å²) in [4.78, 5) is 12.7. The fourth-order valence-corrected chi connectivity index (χ4v) is 1.46. The molecule has 0 aromatic heterocycles. The molecule has 0 saturated heterocycles. The Kier molecular flexibility index (Phi) is 7.90. The number of hydrogen-bond donors (Lipinski definition) is 4. The smallest absolute Gasteiger partial charge is 0.316 e. The van der Waals surface area contributed by atoms with Gasteiger partial charge >= 0.3 is 6.03 Å². The molecule has 112 valence electrons. The highest BCUT2D eigenvalue weighted by molar-refractivity contribution is 5.85. The number of nitrogens with two attached hydrogens (primary N) is 1. The van der Waals surface area contributed by atoms with E-state index in [9.17, 15) is 4.79 Å². The van der Waals surface area contributed by atoms with Crippen LogP contribution in [0, 0.1) is 5.41 Å². The summed E-state index contributed by atoms with van der Waals surface area (Å²) in [6.45, 7) is 6.04. The second-order valence-corrected chi connectivity index (χ2v) is 5.35. The van der Waals surface area contributed by atoms with Gasteiger partial charge in [0.2, 0.25) is 0 Å². The van der Waals surface area contributed by atoms with Gasteiger partial charge in [0.15, 0.2) is 0 Å². The zero-order valence-electron chi connectivity index (χ0n) is 12.4. The zero-order valence-corrected chi connectivity index (χ0v) is 12.4. The first-order chi connectivity index (χ1) is 8.81. The summed E-state index contributed by atoms with van der Waals surface area (Å²) >= 11 is 0. The fraction of sp³-hybridized carbons (Fsp3) is 0.833. The average molecular weight is 273 g/mol. The molecule has 7 nitrogen and oxygen atoms in total. The summed E-state index contributed by atoms with van der Waals surface area (Å²) in [6, 6.07) is -0.0881. The summed E-state index contributed by atoms with van der Waals surface area (Å²) in [7, 11) is 3.41. The highest BCUT2D eigenvalue weighted by Gasteiger charge is 2.22. The molecule has 0 heterocycles. The maximum atomic E-state index is 11.2. The van der Waals surface area contributed by atoms with E-state index in [0.29, 0.717) is 6.54 Å². The van der Waals surface area contributed by atoms with Gasteiger partial charge in [0.25, 0.3) is 0 Å². The van der Waals surface area contributed by atoms with Crippen LogP contribution in [0.2, 0.25) is 0 Å². The molecule has 0 bridgehead atoms. The number of carbonyl (C=O) groups excluding carboxylic acids is 1. The van der Waals surface area contributed by atoms with E-state index in [0.717, 1.165) is 25.9 Å². The molecular formula is C12H27N5O2. The topological polar surface area (TPSA) is 103 Å². The summed E-state index contributed by atoms with van der Waals surface area (Å²) in [6.07, 6.45) is 1.75. The van der Waals surface area contributed by atoms with Crippen LogP contribution in [0.25, 0.3) is 0 Å². The van der Waals surface area contributed by atoms with Crippen molar-refractivity contribution in [2.75, 3.05) is 33.7 Å². The van der Waals surface area contributed by atoms with E-state index in [-0.39, 0.29) is 17.3 Å². The van der Waals surface area contributed by atoms with Crippen LogP contribution in [-0.2, 0) is 0 Å². The minimum atomic E-state index is -0.296. The molecule has 0 aliphatic heterocycles. The monoisotopic (exact) mass is 273 g/mol. The van der Waals surface area contributed by atoms with Crippen molar-refractivity contribution in [2.24, 2.45) is 16.3 Å². The lowest BCUT2D eigenvalue weighted by molar-refractivity contribution is 0.217. The van der Waals surface area contributed by atoms with E-state index in [1.165, 1.54) is 4.90 Å². The molecule has 0 spiro atoms. The fourth-order valence-electron chi connectivity index (χ4n) is 1.46. The third-order valence-corrected chi connectivity index (χ3v) is 2.94. The van der Waals surface area contributed by atoms with Crippen LogP contribution in [0.15, 0.2) is 5.16 Å². The van der Waals surface area contributed by atoms with Crippen LogP contribution >= 0.6 is 0 Å². The molecule has 0 saturated carbocycles. The van der Waals surface area contributed by atoms with Crippen LogP contribution in [0.3, 0.4) is 0 Å². The van der Waals surface area contributed by atoms with Gasteiger partial charge in [-0.1, -0.05) is 19.0 Å². The largest absolute Gasteiger partial charge is 0.409 e.